The molecule has 4 aliphatic rings. The number of nitrogens with zero attached hydrogens (tertiary/aromatic N) is 7. The van der Waals surface area contributed by atoms with Crippen LogP contribution in [-0.2, 0) is 20.8 Å². The van der Waals surface area contributed by atoms with Gasteiger partial charge in [-0.2, -0.15) is 17.1 Å². The van der Waals surface area contributed by atoms with Crippen LogP contribution in [0.5, 0.6) is 23.0 Å². The van der Waals surface area contributed by atoms with E-state index in [2.05, 4.69) is 30.8 Å². The molecule has 1 N–H and O–H groups in total. The van der Waals surface area contributed by atoms with E-state index in [1.54, 1.807) is 30.3 Å². The van der Waals surface area contributed by atoms with Crippen LogP contribution in [0.1, 0.15) is 22.3 Å². The van der Waals surface area contributed by atoms with E-state index in [0.717, 1.165) is 60.3 Å². The fourth-order valence-electron chi connectivity index (χ4n) is 7.42. The standard InChI is InChI=1S/C25H20ClFN4O2S.C17H16ClN3O.C8H5F2NOS/c1-2-18-7-10-20(11-8-18)29-34(27,32)31-15-13-30(14-16-31)25-21-17-19(26)9-12-23(21)33-24-6-4-3-5-22(24)28-25;18-12-5-6-15-13(11-12)17(21-9-7-19-8-10-21)20-14-3-1-2-4-16(14)22-15;1-2-7-3-5-8(6-4-7)11-13(9,10)12/h1,3-12,17H,13-16H2;1-6,11,19H,7-10H2;1,3-6H. The smallest absolute Gasteiger partial charge is 0.371 e. The summed E-state index contributed by atoms with van der Waals surface area (Å²) < 4.78 is 81.7. The molecule has 2 saturated heterocycles. The number of rotatable bonds is 3. The van der Waals surface area contributed by atoms with E-state index >= 15 is 3.89 Å². The van der Waals surface area contributed by atoms with Gasteiger partial charge in [-0.15, -0.1) is 21.1 Å². The molecule has 4 aliphatic heterocycles. The number of fused-ring (bicyclic) bond motifs is 4. The van der Waals surface area contributed by atoms with E-state index in [0.29, 0.717) is 57.3 Å². The van der Waals surface area contributed by atoms with Crippen LogP contribution in [0.4, 0.5) is 34.4 Å². The van der Waals surface area contributed by atoms with Crippen molar-refractivity contribution in [2.75, 3.05) is 52.4 Å². The van der Waals surface area contributed by atoms with Gasteiger partial charge in [-0.3, -0.25) is 0 Å². The number of para-hydroxylation sites is 4. The molecule has 1 unspecified atom stereocenters. The number of nitrogens with one attached hydrogen (secondary N) is 1. The predicted molar refractivity (Wildman–Crippen MR) is 268 cm³/mol. The molecule has 6 aromatic carbocycles. The van der Waals surface area contributed by atoms with Gasteiger partial charge >= 0.3 is 10.5 Å². The molecule has 1 atom stereocenters. The van der Waals surface area contributed by atoms with Crippen LogP contribution in [0.2, 0.25) is 10.0 Å². The fraction of sp³-hybridized carbons (Fsp3) is 0.160. The largest absolute Gasteiger partial charge is 0.454 e. The van der Waals surface area contributed by atoms with Crippen LogP contribution in [0.25, 0.3) is 0 Å². The number of hydrogen-bond donors (Lipinski definition) is 1. The summed E-state index contributed by atoms with van der Waals surface area (Å²) >= 11 is 12.5. The van der Waals surface area contributed by atoms with Gasteiger partial charge in [0.05, 0.1) is 22.5 Å². The van der Waals surface area contributed by atoms with Crippen LogP contribution in [0, 0.1) is 24.7 Å². The molecular formula is C50H41Cl2F3N8O4S2. The summed E-state index contributed by atoms with van der Waals surface area (Å²) in [4.78, 5) is 14.0. The SMILES string of the molecule is C#Cc1ccc(N=S(=O)(F)F)cc1.C#Cc1ccc(N=S(=O)(F)N2CCN(C3=Nc4ccccc4Oc4ccc(Cl)cc43)CC2)cc1.Clc1ccc2c(c1)C(N1CCNCC1)=Nc1ccccc1O2. The van der Waals surface area contributed by atoms with Crippen molar-refractivity contribution in [3.63, 3.8) is 0 Å². The molecule has 0 aliphatic carbocycles. The summed E-state index contributed by atoms with van der Waals surface area (Å²) in [5, 5.41) is 4.62. The number of terminal acetylenes is 2. The minimum Gasteiger partial charge on any atom is -0.454 e. The average Bonchev–Trinajstić information content (AvgIpc) is 3.62. The number of benzene rings is 6. The summed E-state index contributed by atoms with van der Waals surface area (Å²) in [6, 6.07) is 38.3. The Balaban J connectivity index is 0.000000156. The van der Waals surface area contributed by atoms with Gasteiger partial charge in [0.25, 0.3) is 10.3 Å². The van der Waals surface area contributed by atoms with Crippen molar-refractivity contribution in [3.8, 4) is 47.7 Å². The summed E-state index contributed by atoms with van der Waals surface area (Å²) in [6.45, 7) is 4.98. The first-order valence-corrected chi connectivity index (χ1v) is 24.7. The second kappa shape index (κ2) is 21.6. The van der Waals surface area contributed by atoms with Crippen LogP contribution in [0.3, 0.4) is 0 Å². The molecule has 0 bridgehead atoms. The van der Waals surface area contributed by atoms with Gasteiger partial charge in [-0.05, 0) is 109 Å². The maximum absolute atomic E-state index is 15.1. The Hall–Kier alpha value is -6.83. The fourth-order valence-corrected chi connectivity index (χ4v) is 9.24. The molecule has 12 nitrogen and oxygen atoms in total. The minimum atomic E-state index is -5.07. The highest BCUT2D eigenvalue weighted by Gasteiger charge is 2.30. The number of halogens is 5. The molecule has 0 amide bonds. The molecule has 19 heteroatoms. The van der Waals surface area contributed by atoms with Crippen molar-refractivity contribution < 1.29 is 29.5 Å². The van der Waals surface area contributed by atoms with Gasteiger partial charge in [0.1, 0.15) is 34.5 Å². The topological polar surface area (TPSA) is 124 Å². The van der Waals surface area contributed by atoms with E-state index in [-0.39, 0.29) is 24.5 Å². The Labute approximate surface area is 409 Å². The summed E-state index contributed by atoms with van der Waals surface area (Å²) in [5.41, 5.74) is 4.67. The quantitative estimate of drug-likeness (QED) is 0.138. The van der Waals surface area contributed by atoms with Crippen molar-refractivity contribution in [3.05, 3.63) is 166 Å². The normalized spacial score (nSPS) is 15.9. The molecule has 4 heterocycles. The molecule has 10 rings (SSSR count). The number of piperazine rings is 2. The maximum atomic E-state index is 15.1. The lowest BCUT2D eigenvalue weighted by molar-refractivity contribution is 0.266. The molecule has 0 radical (unpaired) electrons. The predicted octanol–water partition coefficient (Wildman–Crippen LogP) is 11.7. The monoisotopic (exact) mass is 1010 g/mol. The van der Waals surface area contributed by atoms with E-state index in [4.69, 9.17) is 55.5 Å². The van der Waals surface area contributed by atoms with Crippen molar-refractivity contribution in [1.29, 1.82) is 0 Å². The first kappa shape index (κ1) is 48.6. The van der Waals surface area contributed by atoms with E-state index in [1.807, 2.05) is 83.8 Å². The Bertz CT molecular complexity index is 3270. The first-order chi connectivity index (χ1) is 33.2. The van der Waals surface area contributed by atoms with Crippen molar-refractivity contribution in [1.82, 2.24) is 19.4 Å². The average molecular weight is 1010 g/mol. The molecular weight excluding hydrogens is 969 g/mol. The number of ether oxygens (including phenoxy) is 2. The van der Waals surface area contributed by atoms with Gasteiger partial charge in [0.2, 0.25) is 0 Å². The van der Waals surface area contributed by atoms with Gasteiger partial charge in [0, 0.05) is 73.5 Å². The highest BCUT2D eigenvalue weighted by atomic mass is 35.5. The zero-order valence-corrected chi connectivity index (χ0v) is 39.6. The highest BCUT2D eigenvalue weighted by Crippen LogP contribution is 2.40. The zero-order chi connectivity index (χ0) is 48.5. The number of aliphatic imine (C=N–C) groups is 2. The van der Waals surface area contributed by atoms with Crippen molar-refractivity contribution in [2.24, 2.45) is 18.7 Å². The van der Waals surface area contributed by atoms with Crippen LogP contribution < -0.4 is 14.8 Å². The van der Waals surface area contributed by atoms with Gasteiger partial charge < -0.3 is 24.6 Å². The second-order valence-corrected chi connectivity index (χ2v) is 18.7. The first-order valence-electron chi connectivity index (χ1n) is 21.3. The van der Waals surface area contributed by atoms with Crippen LogP contribution in [-0.4, -0.2) is 86.6 Å². The molecule has 6 aromatic rings. The summed E-state index contributed by atoms with van der Waals surface area (Å²) in [7, 11) is -9.16. The third-order valence-electron chi connectivity index (χ3n) is 10.8. The van der Waals surface area contributed by atoms with Crippen molar-refractivity contribution in [2.45, 2.75) is 0 Å². The van der Waals surface area contributed by atoms with Crippen LogP contribution in [0.15, 0.2) is 152 Å². The highest BCUT2D eigenvalue weighted by molar-refractivity contribution is 7.86. The Morgan fingerprint density at radius 3 is 1.45 bits per heavy atom. The van der Waals surface area contributed by atoms with E-state index in [1.165, 1.54) is 28.6 Å². The molecule has 0 aromatic heterocycles. The lowest BCUT2D eigenvalue weighted by atomic mass is 10.1. The Morgan fingerprint density at radius 1 is 0.565 bits per heavy atom. The Morgan fingerprint density at radius 2 is 1.00 bits per heavy atom. The van der Waals surface area contributed by atoms with Crippen molar-refractivity contribution >= 4 is 78.4 Å². The summed E-state index contributed by atoms with van der Waals surface area (Å²) in [5.74, 6) is 9.26. The zero-order valence-electron chi connectivity index (χ0n) is 36.5. The molecule has 69 heavy (non-hydrogen) atoms. The van der Waals surface area contributed by atoms with E-state index < -0.39 is 20.8 Å². The third kappa shape index (κ3) is 12.4. The molecule has 352 valence electrons. The number of amidine groups is 2. The second-order valence-electron chi connectivity index (χ2n) is 15.3. The van der Waals surface area contributed by atoms with Gasteiger partial charge in [-0.25, -0.2) is 9.98 Å². The van der Waals surface area contributed by atoms with Crippen LogP contribution >= 0.6 is 23.2 Å². The molecule has 0 saturated carbocycles. The summed E-state index contributed by atoms with van der Waals surface area (Å²) in [6.07, 6.45) is 10.4. The van der Waals surface area contributed by atoms with Gasteiger partial charge in [0.15, 0.2) is 11.5 Å². The molecule has 0 spiro atoms. The molecule has 2 fully saturated rings. The van der Waals surface area contributed by atoms with Gasteiger partial charge in [-0.1, -0.05) is 67.1 Å². The Kier molecular flexibility index (Phi) is 15.2. The lowest BCUT2D eigenvalue weighted by Crippen LogP contribution is -2.49. The third-order valence-corrected chi connectivity index (χ3v) is 13.1. The maximum Gasteiger partial charge on any atom is 0.371 e. The minimum absolute atomic E-state index is 0.0472. The van der Waals surface area contributed by atoms with E-state index in [9.17, 15) is 16.2 Å². The lowest BCUT2D eigenvalue weighted by Gasteiger charge is -2.35. The number of hydrogen-bond acceptors (Lipinski definition) is 11.